The van der Waals surface area contributed by atoms with Crippen LogP contribution in [0.5, 0.6) is 23.3 Å². The fourth-order valence-electron chi connectivity index (χ4n) is 4.52. The average Bonchev–Trinajstić information content (AvgIpc) is 3.39. The summed E-state index contributed by atoms with van der Waals surface area (Å²) in [4.78, 5) is 18.7. The number of anilines is 2. The summed E-state index contributed by atoms with van der Waals surface area (Å²) in [6, 6.07) is 7.03. The molecule has 40 heavy (non-hydrogen) atoms. The SMILES string of the molecule is COc1ncc2ncnc(Nc3ccc(Oc4cc5nnnn5cn4)c(C)c3)c2c1O[C@H]1CCN(C)CC1(F)F. The van der Waals surface area contributed by atoms with Crippen LogP contribution in [0.15, 0.2) is 43.1 Å². The third-order valence-corrected chi connectivity index (χ3v) is 6.50. The zero-order valence-electron chi connectivity index (χ0n) is 21.7. The molecule has 0 unspecified atom stereocenters. The number of ether oxygens (including phenoxy) is 3. The zero-order valence-corrected chi connectivity index (χ0v) is 21.7. The number of hydrogen-bond acceptors (Lipinski definition) is 12. The molecule has 0 radical (unpaired) electrons. The van der Waals surface area contributed by atoms with E-state index in [9.17, 15) is 8.78 Å². The van der Waals surface area contributed by atoms with Crippen molar-refractivity contribution in [1.29, 1.82) is 0 Å². The minimum atomic E-state index is -3.07. The summed E-state index contributed by atoms with van der Waals surface area (Å²) in [5.41, 5.74) is 2.37. The number of rotatable bonds is 7. The predicted octanol–water partition coefficient (Wildman–Crippen LogP) is 3.43. The maximum Gasteiger partial charge on any atom is 0.296 e. The molecule has 1 N–H and O–H groups in total. The third kappa shape index (κ3) is 4.86. The van der Waals surface area contributed by atoms with Gasteiger partial charge >= 0.3 is 0 Å². The van der Waals surface area contributed by atoms with Crippen molar-refractivity contribution < 1.29 is 23.0 Å². The van der Waals surface area contributed by atoms with E-state index in [2.05, 4.69) is 40.8 Å². The Morgan fingerprint density at radius 3 is 2.80 bits per heavy atom. The first-order valence-corrected chi connectivity index (χ1v) is 12.3. The van der Waals surface area contributed by atoms with Crippen LogP contribution in [0.3, 0.4) is 0 Å². The number of nitrogens with zero attached hydrogens (tertiary/aromatic N) is 9. The number of hydrogen-bond donors (Lipinski definition) is 1. The second kappa shape index (κ2) is 10.1. The Labute approximate surface area is 226 Å². The number of nitrogens with one attached hydrogen (secondary N) is 1. The lowest BCUT2D eigenvalue weighted by molar-refractivity contribution is -0.135. The summed E-state index contributed by atoms with van der Waals surface area (Å²) in [5.74, 6) is -1.70. The van der Waals surface area contributed by atoms with Crippen LogP contribution in [0.1, 0.15) is 12.0 Å². The van der Waals surface area contributed by atoms with Crippen LogP contribution in [0.2, 0.25) is 0 Å². The number of tetrazole rings is 1. The Kier molecular flexibility index (Phi) is 6.42. The van der Waals surface area contributed by atoms with Gasteiger partial charge in [0, 0.05) is 24.7 Å². The van der Waals surface area contributed by atoms with Crippen molar-refractivity contribution in [2.45, 2.75) is 25.4 Å². The van der Waals surface area contributed by atoms with Gasteiger partial charge in [-0.25, -0.2) is 28.7 Å². The van der Waals surface area contributed by atoms with E-state index in [0.717, 1.165) is 5.56 Å². The van der Waals surface area contributed by atoms with Gasteiger partial charge in [-0.3, -0.25) is 0 Å². The van der Waals surface area contributed by atoms with Crippen LogP contribution in [0.4, 0.5) is 20.3 Å². The molecule has 5 heterocycles. The summed E-state index contributed by atoms with van der Waals surface area (Å²) in [7, 11) is 3.06. The number of pyridine rings is 1. The Hall–Kier alpha value is -4.79. The lowest BCUT2D eigenvalue weighted by Gasteiger charge is -2.36. The molecule has 15 heteroatoms. The highest BCUT2D eigenvalue weighted by Crippen LogP contribution is 2.41. The van der Waals surface area contributed by atoms with E-state index in [-0.39, 0.29) is 18.1 Å². The van der Waals surface area contributed by atoms with Gasteiger partial charge in [0.25, 0.3) is 11.8 Å². The van der Waals surface area contributed by atoms with Gasteiger partial charge in [-0.05, 0) is 48.2 Å². The topological polar surface area (TPSA) is 138 Å². The van der Waals surface area contributed by atoms with E-state index >= 15 is 0 Å². The highest BCUT2D eigenvalue weighted by molar-refractivity contribution is 5.96. The van der Waals surface area contributed by atoms with E-state index in [0.29, 0.717) is 46.2 Å². The van der Waals surface area contributed by atoms with Crippen molar-refractivity contribution in [2.75, 3.05) is 32.6 Å². The number of piperidine rings is 1. The highest BCUT2D eigenvalue weighted by atomic mass is 19.3. The molecule has 1 aliphatic heterocycles. The maximum absolute atomic E-state index is 14.9. The van der Waals surface area contributed by atoms with Crippen molar-refractivity contribution in [1.82, 2.24) is 44.9 Å². The number of alkyl halides is 2. The van der Waals surface area contributed by atoms with Crippen LogP contribution < -0.4 is 19.5 Å². The predicted molar refractivity (Wildman–Crippen MR) is 138 cm³/mol. The molecule has 0 saturated carbocycles. The lowest BCUT2D eigenvalue weighted by Crippen LogP contribution is -2.52. The van der Waals surface area contributed by atoms with Crippen LogP contribution in [0.25, 0.3) is 16.6 Å². The number of aromatic nitrogens is 8. The van der Waals surface area contributed by atoms with Crippen LogP contribution in [-0.4, -0.2) is 84.2 Å². The number of aryl methyl sites for hydroxylation is 1. The van der Waals surface area contributed by atoms with Crippen LogP contribution >= 0.6 is 0 Å². The molecule has 4 aromatic heterocycles. The molecule has 1 atom stereocenters. The lowest BCUT2D eigenvalue weighted by atomic mass is 10.0. The monoisotopic (exact) mass is 550 g/mol. The number of methoxy groups -OCH3 is 1. The molecule has 5 aromatic rings. The molecule has 0 aliphatic carbocycles. The Bertz CT molecular complexity index is 1700. The first-order chi connectivity index (χ1) is 19.3. The fourth-order valence-corrected chi connectivity index (χ4v) is 4.52. The molecular formula is C25H24F2N10O3. The normalized spacial score (nSPS) is 17.2. The second-order valence-corrected chi connectivity index (χ2v) is 9.39. The first kappa shape index (κ1) is 25.5. The molecule has 206 valence electrons. The number of halogens is 2. The van der Waals surface area contributed by atoms with Crippen molar-refractivity contribution in [3.8, 4) is 23.3 Å². The van der Waals surface area contributed by atoms with E-state index < -0.39 is 18.6 Å². The van der Waals surface area contributed by atoms with Crippen molar-refractivity contribution in [2.24, 2.45) is 0 Å². The number of fused-ring (bicyclic) bond motifs is 2. The molecule has 1 saturated heterocycles. The third-order valence-electron chi connectivity index (χ3n) is 6.50. The summed E-state index contributed by atoms with van der Waals surface area (Å²) in [5, 5.41) is 14.9. The van der Waals surface area contributed by atoms with Gasteiger partial charge in [-0.15, -0.1) is 5.10 Å². The Balaban J connectivity index is 1.31. The molecule has 0 bridgehead atoms. The first-order valence-electron chi connectivity index (χ1n) is 12.3. The summed E-state index contributed by atoms with van der Waals surface area (Å²) in [6.07, 6.45) is 3.07. The van der Waals surface area contributed by atoms with Crippen molar-refractivity contribution in [3.05, 3.63) is 48.7 Å². The minimum absolute atomic E-state index is 0.0541. The van der Waals surface area contributed by atoms with E-state index in [1.54, 1.807) is 30.1 Å². The smallest absolute Gasteiger partial charge is 0.296 e. The van der Waals surface area contributed by atoms with Gasteiger partial charge in [0.05, 0.1) is 30.8 Å². The zero-order chi connectivity index (χ0) is 27.9. The van der Waals surface area contributed by atoms with Gasteiger partial charge in [0.2, 0.25) is 5.88 Å². The van der Waals surface area contributed by atoms with Crippen LogP contribution in [0, 0.1) is 6.92 Å². The van der Waals surface area contributed by atoms with Gasteiger partial charge in [0.1, 0.15) is 24.2 Å². The van der Waals surface area contributed by atoms with Gasteiger partial charge in [-0.2, -0.15) is 4.52 Å². The molecule has 6 rings (SSSR count). The molecule has 0 amide bonds. The molecule has 1 aliphatic rings. The minimum Gasteiger partial charge on any atom is -0.478 e. The largest absolute Gasteiger partial charge is 0.478 e. The summed E-state index contributed by atoms with van der Waals surface area (Å²) < 4.78 is 48.5. The Morgan fingerprint density at radius 1 is 1.12 bits per heavy atom. The van der Waals surface area contributed by atoms with Gasteiger partial charge in [-0.1, -0.05) is 0 Å². The van der Waals surface area contributed by atoms with Gasteiger partial charge in [0.15, 0.2) is 17.5 Å². The Morgan fingerprint density at radius 2 is 2.00 bits per heavy atom. The number of likely N-dealkylation sites (tertiary alicyclic amines) is 1. The molecule has 0 spiro atoms. The van der Waals surface area contributed by atoms with E-state index in [4.69, 9.17) is 14.2 Å². The van der Waals surface area contributed by atoms with E-state index in [1.807, 2.05) is 13.0 Å². The van der Waals surface area contributed by atoms with Gasteiger partial charge < -0.3 is 24.4 Å². The average molecular weight is 551 g/mol. The highest BCUT2D eigenvalue weighted by Gasteiger charge is 2.46. The molecule has 13 nitrogen and oxygen atoms in total. The van der Waals surface area contributed by atoms with Crippen LogP contribution in [-0.2, 0) is 0 Å². The molecular weight excluding hydrogens is 526 g/mol. The molecule has 1 aromatic carbocycles. The fraction of sp³-hybridized carbons (Fsp3) is 0.320. The van der Waals surface area contributed by atoms with E-state index in [1.165, 1.54) is 30.5 Å². The van der Waals surface area contributed by atoms with Crippen molar-refractivity contribution >= 4 is 28.1 Å². The maximum atomic E-state index is 14.9. The summed E-state index contributed by atoms with van der Waals surface area (Å²) >= 11 is 0. The second-order valence-electron chi connectivity index (χ2n) is 9.39. The summed E-state index contributed by atoms with van der Waals surface area (Å²) in [6.45, 7) is 1.93. The molecule has 1 fully saturated rings. The quantitative estimate of drug-likeness (QED) is 0.318. The van der Waals surface area contributed by atoms with Crippen molar-refractivity contribution in [3.63, 3.8) is 0 Å². The standard InChI is InChI=1S/C25H24F2N10O3/c1-14-8-15(4-5-17(14)39-20-9-19-33-34-35-37(19)13-31-20)32-23-21-16(29-12-30-23)10-28-24(38-3)22(21)40-18-6-7-36(2)11-25(18,26)27/h4-5,8-10,12-13,18H,6-7,11H2,1-3H3,(H,29,30,32)/t18-/m0/s1. The number of benzene rings is 1.